The van der Waals surface area contributed by atoms with E-state index in [-0.39, 0.29) is 37.3 Å². The monoisotopic (exact) mass is 821 g/mol. The van der Waals surface area contributed by atoms with Gasteiger partial charge < -0.3 is 68.5 Å². The fraction of sp³-hybridized carbons (Fsp3) is 0.976. The van der Waals surface area contributed by atoms with Gasteiger partial charge in [-0.15, -0.1) is 0 Å². The highest BCUT2D eigenvalue weighted by atomic mass is 16.7. The molecule has 0 aliphatic carbocycles. The molecule has 5 N–H and O–H groups in total. The van der Waals surface area contributed by atoms with Crippen LogP contribution in [0.3, 0.4) is 0 Å². The Hall–Kier alpha value is -1.05. The highest BCUT2D eigenvalue weighted by Gasteiger charge is 2.58. The van der Waals surface area contributed by atoms with Gasteiger partial charge in [-0.2, -0.15) is 0 Å². The number of cyclic esters (lactones) is 1. The molecule has 15 heteroatoms. The molecule has 0 aromatic rings. The smallest absolute Gasteiger partial charge is 0.311 e. The second-order valence-electron chi connectivity index (χ2n) is 18.6. The summed E-state index contributed by atoms with van der Waals surface area (Å²) < 4.78 is 43.7. The van der Waals surface area contributed by atoms with E-state index in [4.69, 9.17) is 33.2 Å². The number of aliphatic hydroxyl groups excluding tert-OH is 2. The quantitative estimate of drug-likeness (QED) is 0.151. The van der Waals surface area contributed by atoms with Gasteiger partial charge >= 0.3 is 5.97 Å². The summed E-state index contributed by atoms with van der Waals surface area (Å²) in [6.45, 7) is 18.6. The van der Waals surface area contributed by atoms with Gasteiger partial charge in [-0.05, 0) is 108 Å². The standard InChI is InChI=1S/C42H80N2O13/c1-16-31-41(10,49)35(46)28(6)44(13)23-24(2)21-39(8,48)36(57-38-33(45)30(43(11)12)20-25(3)53-38)26(4)34(27(5)37(47)55-31)56-32-22-40(9,52-15)42(50,29(7)54-32)18-17-19-51-14/h24-36,38,45-46,48-50H,16-23H2,1-15H3/t24-,25-,26+,27-,28-,29+,30+,31-,32+,33-,34+,35-,36-,38+,39-,40-,41-,42-/m1/s1. The minimum absolute atomic E-state index is 0.0937. The number of methoxy groups -OCH3 is 2. The molecular weight excluding hydrogens is 740 g/mol. The molecular formula is C42H80N2O13. The summed E-state index contributed by atoms with van der Waals surface area (Å²) in [4.78, 5) is 18.2. The average Bonchev–Trinajstić information content (AvgIpc) is 3.12. The first-order chi connectivity index (χ1) is 26.3. The minimum atomic E-state index is -1.82. The van der Waals surface area contributed by atoms with E-state index in [9.17, 15) is 30.3 Å². The zero-order valence-electron chi connectivity index (χ0n) is 37.6. The maximum atomic E-state index is 14.4. The number of carbonyl (C=O) groups is 1. The van der Waals surface area contributed by atoms with Gasteiger partial charge in [0.05, 0.1) is 35.9 Å². The van der Waals surface area contributed by atoms with Crippen LogP contribution in [-0.4, -0.2) is 180 Å². The molecule has 3 heterocycles. The predicted molar refractivity (Wildman–Crippen MR) is 214 cm³/mol. The first-order valence-corrected chi connectivity index (χ1v) is 21.1. The Morgan fingerprint density at radius 2 is 1.58 bits per heavy atom. The van der Waals surface area contributed by atoms with Crippen LogP contribution in [0.1, 0.15) is 108 Å². The third kappa shape index (κ3) is 11.3. The van der Waals surface area contributed by atoms with Crippen molar-refractivity contribution in [2.75, 3.05) is 48.5 Å². The van der Waals surface area contributed by atoms with Gasteiger partial charge in [-0.1, -0.05) is 20.8 Å². The molecule has 0 aromatic heterocycles. The van der Waals surface area contributed by atoms with Crippen molar-refractivity contribution in [3.8, 4) is 0 Å². The van der Waals surface area contributed by atoms with E-state index in [1.807, 2.05) is 58.6 Å². The molecule has 0 unspecified atom stereocenters. The summed E-state index contributed by atoms with van der Waals surface area (Å²) in [5.41, 5.74) is -5.92. The minimum Gasteiger partial charge on any atom is -0.459 e. The molecule has 3 rings (SSSR count). The van der Waals surface area contributed by atoms with E-state index in [0.717, 1.165) is 0 Å². The van der Waals surface area contributed by atoms with Gasteiger partial charge in [0.1, 0.15) is 35.1 Å². The van der Waals surface area contributed by atoms with E-state index < -0.39 is 95.5 Å². The number of hydrogen-bond acceptors (Lipinski definition) is 15. The summed E-state index contributed by atoms with van der Waals surface area (Å²) in [6.07, 6.45) is -6.68. The number of aliphatic hydroxyl groups is 5. The zero-order valence-corrected chi connectivity index (χ0v) is 37.6. The van der Waals surface area contributed by atoms with Crippen molar-refractivity contribution in [1.82, 2.24) is 9.80 Å². The zero-order chi connectivity index (χ0) is 43.4. The second-order valence-corrected chi connectivity index (χ2v) is 18.6. The van der Waals surface area contributed by atoms with Crippen molar-refractivity contribution in [3.63, 3.8) is 0 Å². The number of carbonyl (C=O) groups excluding carboxylic acids is 1. The molecule has 0 amide bonds. The molecule has 0 saturated carbocycles. The topological polar surface area (TPSA) is 189 Å². The molecule has 18 atom stereocenters. The van der Waals surface area contributed by atoms with Crippen LogP contribution in [-0.2, 0) is 38.0 Å². The number of hydrogen-bond donors (Lipinski definition) is 5. The Labute approximate surface area is 342 Å². The Bertz CT molecular complexity index is 1260. The van der Waals surface area contributed by atoms with Crippen LogP contribution in [0.15, 0.2) is 0 Å². The molecule has 57 heavy (non-hydrogen) atoms. The first kappa shape index (κ1) is 50.3. The van der Waals surface area contributed by atoms with E-state index in [0.29, 0.717) is 32.4 Å². The van der Waals surface area contributed by atoms with Gasteiger partial charge in [0.2, 0.25) is 0 Å². The third-order valence-electron chi connectivity index (χ3n) is 13.6. The van der Waals surface area contributed by atoms with Crippen molar-refractivity contribution < 1.29 is 63.5 Å². The lowest BCUT2D eigenvalue weighted by Crippen LogP contribution is -2.66. The normalized spacial score (nSPS) is 47.6. The summed E-state index contributed by atoms with van der Waals surface area (Å²) in [7, 11) is 8.75. The van der Waals surface area contributed by atoms with Gasteiger partial charge in [-0.25, -0.2) is 0 Å². The molecule has 3 aliphatic rings. The molecule has 0 aromatic carbocycles. The van der Waals surface area contributed by atoms with Crippen molar-refractivity contribution in [2.24, 2.45) is 17.8 Å². The third-order valence-corrected chi connectivity index (χ3v) is 13.6. The van der Waals surface area contributed by atoms with Crippen molar-refractivity contribution >= 4 is 5.97 Å². The first-order valence-electron chi connectivity index (χ1n) is 21.1. The van der Waals surface area contributed by atoms with Crippen molar-refractivity contribution in [2.45, 2.75) is 198 Å². The highest BCUT2D eigenvalue weighted by Crippen LogP contribution is 2.45. The predicted octanol–water partition coefficient (Wildman–Crippen LogP) is 2.70. The number of likely N-dealkylation sites (N-methyl/N-ethyl adjacent to an activating group) is 2. The molecule has 3 saturated heterocycles. The second kappa shape index (κ2) is 20.2. The lowest BCUT2D eigenvalue weighted by atomic mass is 9.73. The largest absolute Gasteiger partial charge is 0.459 e. The maximum absolute atomic E-state index is 14.4. The van der Waals surface area contributed by atoms with E-state index >= 15 is 0 Å². The molecule has 15 nitrogen and oxygen atoms in total. The van der Waals surface area contributed by atoms with Gasteiger partial charge in [0.25, 0.3) is 0 Å². The van der Waals surface area contributed by atoms with Crippen LogP contribution in [0, 0.1) is 17.8 Å². The van der Waals surface area contributed by atoms with E-state index in [2.05, 4.69) is 0 Å². The summed E-state index contributed by atoms with van der Waals surface area (Å²) >= 11 is 0. The molecule has 0 radical (unpaired) electrons. The molecule has 3 fully saturated rings. The Morgan fingerprint density at radius 1 is 0.947 bits per heavy atom. The number of rotatable bonds is 11. The lowest BCUT2D eigenvalue weighted by molar-refractivity contribution is -0.339. The van der Waals surface area contributed by atoms with Crippen LogP contribution in [0.5, 0.6) is 0 Å². The van der Waals surface area contributed by atoms with Crippen LogP contribution in [0.2, 0.25) is 0 Å². The number of nitrogens with zero attached hydrogens (tertiary/aromatic N) is 2. The van der Waals surface area contributed by atoms with Crippen molar-refractivity contribution in [1.29, 1.82) is 0 Å². The summed E-state index contributed by atoms with van der Waals surface area (Å²) in [6, 6.07) is -0.832. The lowest BCUT2D eigenvalue weighted by Gasteiger charge is -2.54. The molecule has 3 aliphatic heterocycles. The van der Waals surface area contributed by atoms with Gasteiger partial charge in [0, 0.05) is 51.8 Å². The molecule has 0 spiro atoms. The molecule has 0 bridgehead atoms. The van der Waals surface area contributed by atoms with Crippen LogP contribution < -0.4 is 0 Å². The highest BCUT2D eigenvalue weighted by molar-refractivity contribution is 5.73. The maximum Gasteiger partial charge on any atom is 0.311 e. The summed E-state index contributed by atoms with van der Waals surface area (Å²) in [5.74, 6) is -2.66. The van der Waals surface area contributed by atoms with Crippen molar-refractivity contribution in [3.05, 3.63) is 0 Å². The van der Waals surface area contributed by atoms with Crippen LogP contribution in [0.25, 0.3) is 0 Å². The van der Waals surface area contributed by atoms with Crippen LogP contribution in [0.4, 0.5) is 0 Å². The fourth-order valence-electron chi connectivity index (χ4n) is 9.75. The average molecular weight is 821 g/mol. The van der Waals surface area contributed by atoms with E-state index in [1.165, 1.54) is 14.0 Å². The van der Waals surface area contributed by atoms with E-state index in [1.54, 1.807) is 41.7 Å². The Kier molecular flexibility index (Phi) is 17.8. The SMILES string of the molecule is CC[C@H]1OC(=O)[C@H](C)[C@@H](O[C@H]2C[C@@](C)(OC)[C@@](O)(CCCOC)[C@H](C)O2)[C@H](C)[C@@H](O[C@@H]2O[C@H](C)C[C@H](N(C)C)[C@H]2O)[C@](C)(O)C[C@@H](C)CN(C)[C@H](C)[C@@H](O)[C@]1(C)O. The van der Waals surface area contributed by atoms with Gasteiger partial charge in [-0.3, -0.25) is 4.79 Å². The molecule has 336 valence electrons. The van der Waals surface area contributed by atoms with Crippen LogP contribution >= 0.6 is 0 Å². The number of esters is 1. The Morgan fingerprint density at radius 3 is 2.14 bits per heavy atom. The number of ether oxygens (including phenoxy) is 7. The Balaban J connectivity index is 2.18. The van der Waals surface area contributed by atoms with Gasteiger partial charge in [0.15, 0.2) is 12.6 Å². The fourth-order valence-corrected chi connectivity index (χ4v) is 9.75. The summed E-state index contributed by atoms with van der Waals surface area (Å²) in [5, 5.41) is 59.7.